The number of nitrogens with zero attached hydrogens (tertiary/aromatic N) is 1. The van der Waals surface area contributed by atoms with E-state index in [1.54, 1.807) is 11.3 Å². The summed E-state index contributed by atoms with van der Waals surface area (Å²) in [5, 5.41) is 13.1. The fourth-order valence-electron chi connectivity index (χ4n) is 3.02. The van der Waals surface area contributed by atoms with Gasteiger partial charge in [-0.1, -0.05) is 26.0 Å². The molecule has 4 heteroatoms. The third kappa shape index (κ3) is 3.16. The van der Waals surface area contributed by atoms with Crippen LogP contribution in [0.5, 0.6) is 0 Å². The number of carbonyl (C=O) groups excluding carboxylic acids is 1. The van der Waals surface area contributed by atoms with Crippen molar-refractivity contribution >= 4 is 22.2 Å². The van der Waals surface area contributed by atoms with Crippen LogP contribution in [0.15, 0.2) is 24.3 Å². The van der Waals surface area contributed by atoms with E-state index in [1.807, 2.05) is 24.3 Å². The second-order valence-electron chi connectivity index (χ2n) is 6.17. The first kappa shape index (κ1) is 15.8. The lowest BCUT2D eigenvalue weighted by Gasteiger charge is -2.17. The number of carbonyl (C=O) groups is 1. The van der Waals surface area contributed by atoms with Gasteiger partial charge in [-0.05, 0) is 54.9 Å². The fourth-order valence-corrected chi connectivity index (χ4v) is 4.38. The monoisotopic (exact) mass is 324 g/mol. The van der Waals surface area contributed by atoms with Crippen molar-refractivity contribution in [3.63, 3.8) is 0 Å². The van der Waals surface area contributed by atoms with Crippen LogP contribution >= 0.6 is 11.3 Å². The van der Waals surface area contributed by atoms with Gasteiger partial charge in [0.1, 0.15) is 11.1 Å². The highest BCUT2D eigenvalue weighted by atomic mass is 32.1. The number of benzene rings is 1. The van der Waals surface area contributed by atoms with Gasteiger partial charge >= 0.3 is 0 Å². The molecule has 0 saturated heterocycles. The summed E-state index contributed by atoms with van der Waals surface area (Å²) in [4.78, 5) is 13.7. The third-order valence-corrected chi connectivity index (χ3v) is 5.64. The molecule has 1 atom stereocenters. The van der Waals surface area contributed by atoms with E-state index in [0.29, 0.717) is 22.0 Å². The second kappa shape index (κ2) is 6.55. The number of hydrogen-bond acceptors (Lipinski definition) is 3. The topological polar surface area (TPSA) is 52.9 Å². The van der Waals surface area contributed by atoms with Crippen molar-refractivity contribution in [2.45, 2.75) is 39.5 Å². The van der Waals surface area contributed by atoms with Crippen LogP contribution in [0.1, 0.15) is 52.2 Å². The van der Waals surface area contributed by atoms with E-state index in [-0.39, 0.29) is 5.91 Å². The molecule has 0 saturated carbocycles. The van der Waals surface area contributed by atoms with E-state index in [9.17, 15) is 10.1 Å². The van der Waals surface area contributed by atoms with Gasteiger partial charge in [0.05, 0.1) is 5.56 Å². The summed E-state index contributed by atoms with van der Waals surface area (Å²) in [6.45, 7) is 4.33. The maximum absolute atomic E-state index is 12.4. The molecule has 0 unspecified atom stereocenters. The van der Waals surface area contributed by atoms with Crippen molar-refractivity contribution in [1.29, 1.82) is 5.26 Å². The van der Waals surface area contributed by atoms with Gasteiger partial charge in [-0.3, -0.25) is 4.79 Å². The van der Waals surface area contributed by atoms with E-state index in [2.05, 4.69) is 25.2 Å². The Morgan fingerprint density at radius 1 is 1.39 bits per heavy atom. The Balaban J connectivity index is 1.85. The van der Waals surface area contributed by atoms with Crippen molar-refractivity contribution in [3.8, 4) is 6.07 Å². The van der Waals surface area contributed by atoms with Crippen LogP contribution < -0.4 is 5.32 Å². The van der Waals surface area contributed by atoms with E-state index < -0.39 is 0 Å². The number of thiophene rings is 1. The fraction of sp³-hybridized carbons (Fsp3) is 0.368. The van der Waals surface area contributed by atoms with E-state index in [1.165, 1.54) is 10.4 Å². The van der Waals surface area contributed by atoms with E-state index >= 15 is 0 Å². The quantitative estimate of drug-likeness (QED) is 0.900. The van der Waals surface area contributed by atoms with Gasteiger partial charge in [0.15, 0.2) is 0 Å². The summed E-state index contributed by atoms with van der Waals surface area (Å²) >= 11 is 1.57. The van der Waals surface area contributed by atoms with Crippen molar-refractivity contribution in [2.75, 3.05) is 5.32 Å². The van der Waals surface area contributed by atoms with Gasteiger partial charge in [0.25, 0.3) is 5.91 Å². The largest absolute Gasteiger partial charge is 0.312 e. The second-order valence-corrected chi connectivity index (χ2v) is 7.28. The number of nitrogens with one attached hydrogen (secondary N) is 1. The Hall–Kier alpha value is -2.12. The molecule has 118 valence electrons. The molecule has 1 N–H and O–H groups in total. The molecule has 1 aromatic heterocycles. The number of fused-ring (bicyclic) bond motifs is 1. The molecular weight excluding hydrogens is 304 g/mol. The number of amides is 1. The molecule has 0 bridgehead atoms. The lowest BCUT2D eigenvalue weighted by atomic mass is 9.88. The summed E-state index contributed by atoms with van der Waals surface area (Å²) in [6, 6.07) is 9.92. The molecule has 0 fully saturated rings. The van der Waals surface area contributed by atoms with Crippen molar-refractivity contribution in [2.24, 2.45) is 5.92 Å². The van der Waals surface area contributed by atoms with Crippen molar-refractivity contribution in [3.05, 3.63) is 51.4 Å². The van der Waals surface area contributed by atoms with Crippen LogP contribution in [-0.4, -0.2) is 5.91 Å². The normalized spacial score (nSPS) is 16.5. The highest BCUT2D eigenvalue weighted by Gasteiger charge is 2.24. The minimum absolute atomic E-state index is 0.143. The Morgan fingerprint density at radius 2 is 2.13 bits per heavy atom. The Labute approximate surface area is 141 Å². The summed E-state index contributed by atoms with van der Waals surface area (Å²) in [5.41, 5.74) is 3.65. The van der Waals surface area contributed by atoms with Crippen LogP contribution in [-0.2, 0) is 19.3 Å². The zero-order chi connectivity index (χ0) is 16.4. The molecule has 0 aliphatic heterocycles. The molecule has 3 rings (SSSR count). The molecule has 1 aliphatic carbocycles. The number of rotatable bonds is 3. The molecule has 2 aromatic rings. The van der Waals surface area contributed by atoms with Crippen LogP contribution in [0.2, 0.25) is 0 Å². The third-order valence-electron chi connectivity index (χ3n) is 4.47. The van der Waals surface area contributed by atoms with E-state index in [4.69, 9.17) is 0 Å². The molecular formula is C19H20N2OS. The minimum atomic E-state index is -0.143. The number of nitriles is 1. The smallest absolute Gasteiger partial charge is 0.256 e. The standard InChI is InChI=1S/C19H20N2OS/c1-3-13-5-7-14(8-6-13)18(22)21-19-16(11-20)15-9-4-12(2)10-17(15)23-19/h5-8,12H,3-4,9-10H2,1-2H3,(H,21,22)/t12-/m1/s1. The summed E-state index contributed by atoms with van der Waals surface area (Å²) in [5.74, 6) is 0.508. The predicted molar refractivity (Wildman–Crippen MR) is 94.0 cm³/mol. The zero-order valence-electron chi connectivity index (χ0n) is 13.5. The minimum Gasteiger partial charge on any atom is -0.312 e. The highest BCUT2D eigenvalue weighted by Crippen LogP contribution is 2.39. The maximum atomic E-state index is 12.4. The number of aryl methyl sites for hydroxylation is 1. The summed E-state index contributed by atoms with van der Waals surface area (Å²) in [7, 11) is 0. The first-order valence-corrected chi connectivity index (χ1v) is 8.89. The lowest BCUT2D eigenvalue weighted by molar-refractivity contribution is 0.102. The number of anilines is 1. The maximum Gasteiger partial charge on any atom is 0.256 e. The van der Waals surface area contributed by atoms with Crippen molar-refractivity contribution in [1.82, 2.24) is 0 Å². The van der Waals surface area contributed by atoms with Crippen molar-refractivity contribution < 1.29 is 4.79 Å². The first-order chi connectivity index (χ1) is 11.1. The Morgan fingerprint density at radius 3 is 2.78 bits per heavy atom. The molecule has 23 heavy (non-hydrogen) atoms. The molecule has 0 spiro atoms. The highest BCUT2D eigenvalue weighted by molar-refractivity contribution is 7.16. The predicted octanol–water partition coefficient (Wildman–Crippen LogP) is 4.56. The molecule has 1 aromatic carbocycles. The zero-order valence-corrected chi connectivity index (χ0v) is 14.3. The summed E-state index contributed by atoms with van der Waals surface area (Å²) in [6.07, 6.45) is 4.02. The van der Waals surface area contributed by atoms with E-state index in [0.717, 1.165) is 31.2 Å². The first-order valence-electron chi connectivity index (χ1n) is 8.07. The molecule has 0 radical (unpaired) electrons. The van der Waals surface area contributed by atoms with Crippen LogP contribution in [0.25, 0.3) is 0 Å². The summed E-state index contributed by atoms with van der Waals surface area (Å²) < 4.78 is 0. The van der Waals surface area contributed by atoms with Gasteiger partial charge in [-0.25, -0.2) is 0 Å². The van der Waals surface area contributed by atoms with Gasteiger partial charge in [-0.2, -0.15) is 5.26 Å². The van der Waals surface area contributed by atoms with Crippen LogP contribution in [0.3, 0.4) is 0 Å². The van der Waals surface area contributed by atoms with Crippen LogP contribution in [0.4, 0.5) is 5.00 Å². The van der Waals surface area contributed by atoms with Gasteiger partial charge in [-0.15, -0.1) is 11.3 Å². The van der Waals surface area contributed by atoms with Gasteiger partial charge < -0.3 is 5.32 Å². The average molecular weight is 324 g/mol. The Bertz CT molecular complexity index is 768. The molecule has 1 amide bonds. The number of hydrogen-bond donors (Lipinski definition) is 1. The molecule has 1 aliphatic rings. The van der Waals surface area contributed by atoms with Gasteiger partial charge in [0, 0.05) is 10.4 Å². The van der Waals surface area contributed by atoms with Crippen LogP contribution in [0, 0.1) is 17.2 Å². The Kier molecular flexibility index (Phi) is 4.49. The SMILES string of the molecule is CCc1ccc(C(=O)Nc2sc3c(c2C#N)CC[C@@H](C)C3)cc1. The average Bonchev–Trinajstić information content (AvgIpc) is 2.90. The lowest BCUT2D eigenvalue weighted by Crippen LogP contribution is -2.12. The van der Waals surface area contributed by atoms with Gasteiger partial charge in [0.2, 0.25) is 0 Å². The molecule has 3 nitrogen and oxygen atoms in total. The molecule has 1 heterocycles.